The summed E-state index contributed by atoms with van der Waals surface area (Å²) < 4.78 is 0. The molecule has 2 aliphatic rings. The Labute approximate surface area is 176 Å². The molecule has 1 fully saturated rings. The highest BCUT2D eigenvalue weighted by atomic mass is 16.2. The maximum absolute atomic E-state index is 12.8. The first kappa shape index (κ1) is 20.1. The summed E-state index contributed by atoms with van der Waals surface area (Å²) in [6.45, 7) is 6.26. The summed E-state index contributed by atoms with van der Waals surface area (Å²) in [6, 6.07) is 13.3. The summed E-state index contributed by atoms with van der Waals surface area (Å²) in [5.41, 5.74) is 5.54. The van der Waals surface area contributed by atoms with Gasteiger partial charge >= 0.3 is 0 Å². The van der Waals surface area contributed by atoms with Crippen LogP contribution < -0.4 is 5.32 Å². The zero-order chi connectivity index (χ0) is 21.3. The van der Waals surface area contributed by atoms with E-state index in [1.807, 2.05) is 49.4 Å². The molecule has 0 aliphatic carbocycles. The van der Waals surface area contributed by atoms with E-state index in [9.17, 15) is 14.4 Å². The second-order valence-electron chi connectivity index (χ2n) is 8.28. The smallest absolute Gasteiger partial charge is 0.255 e. The summed E-state index contributed by atoms with van der Waals surface area (Å²) in [4.78, 5) is 39.1. The molecule has 0 radical (unpaired) electrons. The number of carbonyl (C=O) groups excluding carboxylic acids is 3. The number of Topliss-reactive ketones (excluding diaryl/α,β-unsaturated/α-hetero) is 1. The van der Waals surface area contributed by atoms with Crippen molar-refractivity contribution in [1.29, 1.82) is 0 Å². The zero-order valence-corrected chi connectivity index (χ0v) is 17.2. The van der Waals surface area contributed by atoms with Gasteiger partial charge in [-0.2, -0.15) is 0 Å². The van der Waals surface area contributed by atoms with Gasteiger partial charge in [0.1, 0.15) is 11.8 Å². The number of benzene rings is 2. The van der Waals surface area contributed by atoms with Crippen molar-refractivity contribution in [2.75, 3.05) is 0 Å². The maximum Gasteiger partial charge on any atom is 0.255 e. The number of hydrogen-bond acceptors (Lipinski definition) is 3. The van der Waals surface area contributed by atoms with E-state index in [0.717, 1.165) is 22.3 Å². The summed E-state index contributed by atoms with van der Waals surface area (Å²) in [6.07, 6.45) is 2.85. The first-order valence-corrected chi connectivity index (χ1v) is 10.4. The minimum absolute atomic E-state index is 0.0975. The van der Waals surface area contributed by atoms with Crippen LogP contribution in [-0.4, -0.2) is 28.5 Å². The molecule has 154 valence electrons. The fourth-order valence-corrected chi connectivity index (χ4v) is 4.29. The number of nitrogens with one attached hydrogen (secondary N) is 1. The van der Waals surface area contributed by atoms with Gasteiger partial charge in [-0.05, 0) is 48.9 Å². The molecular formula is C25H26N2O3. The molecule has 2 heterocycles. The first-order chi connectivity index (χ1) is 14.4. The highest BCUT2D eigenvalue weighted by Gasteiger charge is 2.38. The fraction of sp³-hybridized carbons (Fsp3) is 0.320. The van der Waals surface area contributed by atoms with Crippen molar-refractivity contribution in [2.24, 2.45) is 0 Å². The number of piperidine rings is 1. The standard InChI is InChI=1S/C25H26N2O3/c1-16-4-3-5-19(12-16)14-21(28)9-7-18-8-10-22-20(13-18)15-27(25(22)30)23-11-6-17(2)26-24(23)29/h3-5,8,10,12-13,23H,2,6-7,9,11,14-15H2,1H3,(H,26,29). The SMILES string of the molecule is C=C1CCC(N2Cc3cc(CCC(=O)Cc4cccc(C)c4)ccc3C2=O)C(=O)N1. The molecule has 5 heteroatoms. The van der Waals surface area contributed by atoms with Crippen LogP contribution in [0.4, 0.5) is 0 Å². The summed E-state index contributed by atoms with van der Waals surface area (Å²) in [5, 5.41) is 2.76. The van der Waals surface area contributed by atoms with Crippen LogP contribution in [0.2, 0.25) is 0 Å². The third kappa shape index (κ3) is 4.20. The molecule has 0 bridgehead atoms. The van der Waals surface area contributed by atoms with E-state index in [-0.39, 0.29) is 17.6 Å². The lowest BCUT2D eigenvalue weighted by Gasteiger charge is -2.30. The number of hydrogen-bond donors (Lipinski definition) is 1. The van der Waals surface area contributed by atoms with Gasteiger partial charge in [-0.15, -0.1) is 0 Å². The van der Waals surface area contributed by atoms with Crippen LogP contribution in [0.5, 0.6) is 0 Å². The Morgan fingerprint density at radius 3 is 2.77 bits per heavy atom. The number of amides is 2. The monoisotopic (exact) mass is 402 g/mol. The third-order valence-corrected chi connectivity index (χ3v) is 5.88. The number of allylic oxidation sites excluding steroid dienone is 1. The van der Waals surface area contributed by atoms with Gasteiger partial charge in [0.15, 0.2) is 0 Å². The van der Waals surface area contributed by atoms with Crippen LogP contribution in [-0.2, 0) is 29.0 Å². The van der Waals surface area contributed by atoms with E-state index in [4.69, 9.17) is 0 Å². The number of nitrogens with zero attached hydrogens (tertiary/aromatic N) is 1. The molecular weight excluding hydrogens is 376 g/mol. The Kier molecular flexibility index (Phi) is 5.53. The first-order valence-electron chi connectivity index (χ1n) is 10.4. The van der Waals surface area contributed by atoms with Crippen LogP contribution in [0.1, 0.15) is 51.9 Å². The maximum atomic E-state index is 12.8. The predicted molar refractivity (Wildman–Crippen MR) is 115 cm³/mol. The van der Waals surface area contributed by atoms with Gasteiger partial charge in [0.05, 0.1) is 0 Å². The van der Waals surface area contributed by atoms with E-state index >= 15 is 0 Å². The number of aryl methyl sites for hydroxylation is 2. The normalized spacial score (nSPS) is 18.4. The molecule has 2 aromatic rings. The van der Waals surface area contributed by atoms with Gasteiger partial charge in [0.2, 0.25) is 5.91 Å². The lowest BCUT2D eigenvalue weighted by atomic mass is 9.99. The molecule has 0 spiro atoms. The lowest BCUT2D eigenvalue weighted by Crippen LogP contribution is -2.49. The Balaban J connectivity index is 1.38. The fourth-order valence-electron chi connectivity index (χ4n) is 4.29. The molecule has 1 saturated heterocycles. The molecule has 4 rings (SSSR count). The van der Waals surface area contributed by atoms with Crippen LogP contribution in [0, 0.1) is 6.92 Å². The second-order valence-corrected chi connectivity index (χ2v) is 8.28. The average molecular weight is 402 g/mol. The number of ketones is 1. The molecule has 0 saturated carbocycles. The van der Waals surface area contributed by atoms with Crippen molar-refractivity contribution in [3.63, 3.8) is 0 Å². The predicted octanol–water partition coefficient (Wildman–Crippen LogP) is 3.49. The summed E-state index contributed by atoms with van der Waals surface area (Å²) in [5.74, 6) is -0.0491. The summed E-state index contributed by atoms with van der Waals surface area (Å²) in [7, 11) is 0. The molecule has 1 unspecified atom stereocenters. The highest BCUT2D eigenvalue weighted by Crippen LogP contribution is 2.29. The molecule has 5 nitrogen and oxygen atoms in total. The van der Waals surface area contributed by atoms with E-state index in [2.05, 4.69) is 11.9 Å². The van der Waals surface area contributed by atoms with Crippen LogP contribution in [0.15, 0.2) is 54.7 Å². The number of fused-ring (bicyclic) bond motifs is 1. The quantitative estimate of drug-likeness (QED) is 0.804. The Bertz CT molecular complexity index is 1040. The van der Waals surface area contributed by atoms with Crippen molar-refractivity contribution in [1.82, 2.24) is 10.2 Å². The van der Waals surface area contributed by atoms with Crippen molar-refractivity contribution >= 4 is 17.6 Å². The van der Waals surface area contributed by atoms with E-state index in [0.29, 0.717) is 49.9 Å². The Morgan fingerprint density at radius 2 is 2.00 bits per heavy atom. The largest absolute Gasteiger partial charge is 0.329 e. The van der Waals surface area contributed by atoms with Crippen LogP contribution in [0.3, 0.4) is 0 Å². The molecule has 1 N–H and O–H groups in total. The van der Waals surface area contributed by atoms with E-state index < -0.39 is 6.04 Å². The van der Waals surface area contributed by atoms with Gasteiger partial charge in [0.25, 0.3) is 5.91 Å². The minimum atomic E-state index is -0.449. The van der Waals surface area contributed by atoms with Gasteiger partial charge in [-0.25, -0.2) is 0 Å². The van der Waals surface area contributed by atoms with Crippen LogP contribution in [0.25, 0.3) is 0 Å². The van der Waals surface area contributed by atoms with E-state index in [1.165, 1.54) is 0 Å². The third-order valence-electron chi connectivity index (χ3n) is 5.88. The van der Waals surface area contributed by atoms with E-state index in [1.54, 1.807) is 4.90 Å². The minimum Gasteiger partial charge on any atom is -0.329 e. The second kappa shape index (κ2) is 8.27. The highest BCUT2D eigenvalue weighted by molar-refractivity contribution is 6.01. The molecule has 30 heavy (non-hydrogen) atoms. The average Bonchev–Trinajstić information content (AvgIpc) is 3.02. The summed E-state index contributed by atoms with van der Waals surface area (Å²) >= 11 is 0. The zero-order valence-electron chi connectivity index (χ0n) is 17.2. The Hall–Kier alpha value is -3.21. The molecule has 2 aromatic carbocycles. The van der Waals surface area contributed by atoms with Gasteiger partial charge in [-0.1, -0.05) is 48.5 Å². The van der Waals surface area contributed by atoms with Crippen molar-refractivity contribution in [3.8, 4) is 0 Å². The molecule has 2 amide bonds. The lowest BCUT2D eigenvalue weighted by molar-refractivity contribution is -0.126. The van der Waals surface area contributed by atoms with Crippen LogP contribution >= 0.6 is 0 Å². The van der Waals surface area contributed by atoms with Gasteiger partial charge in [-0.3, -0.25) is 14.4 Å². The molecule has 2 aliphatic heterocycles. The van der Waals surface area contributed by atoms with Gasteiger partial charge in [0, 0.05) is 30.6 Å². The number of rotatable bonds is 6. The Morgan fingerprint density at radius 1 is 1.17 bits per heavy atom. The van der Waals surface area contributed by atoms with Gasteiger partial charge < -0.3 is 10.2 Å². The van der Waals surface area contributed by atoms with Crippen molar-refractivity contribution in [2.45, 2.75) is 51.6 Å². The van der Waals surface area contributed by atoms with Crippen molar-refractivity contribution < 1.29 is 14.4 Å². The molecule has 0 aromatic heterocycles. The van der Waals surface area contributed by atoms with Crippen molar-refractivity contribution in [3.05, 3.63) is 82.6 Å². The molecule has 1 atom stereocenters. The topological polar surface area (TPSA) is 66.5 Å². The number of carbonyl (C=O) groups is 3.